The molecule has 0 radical (unpaired) electrons. The Bertz CT molecular complexity index is 672. The minimum Gasteiger partial charge on any atom is -0.398 e. The number of H-pyrrole nitrogens is 1. The smallest absolute Gasteiger partial charge is 0.244 e. The van der Waals surface area contributed by atoms with Gasteiger partial charge >= 0.3 is 0 Å². The van der Waals surface area contributed by atoms with E-state index in [1.807, 2.05) is 6.07 Å². The standard InChI is InChI=1S/C12H16N4O2S/c1-8-12(9(2)16-15-8)19(17,18)14-7-10-5-3-4-6-11(10)13/h3-6,14H,7,13H2,1-2H3,(H,15,16). The first-order valence-corrected chi connectivity index (χ1v) is 7.25. The van der Waals surface area contributed by atoms with E-state index >= 15 is 0 Å². The van der Waals surface area contributed by atoms with Crippen molar-refractivity contribution in [2.24, 2.45) is 0 Å². The van der Waals surface area contributed by atoms with Crippen LogP contribution in [0.1, 0.15) is 17.0 Å². The number of nitrogens with two attached hydrogens (primary N) is 1. The van der Waals surface area contributed by atoms with Gasteiger partial charge in [-0.1, -0.05) is 18.2 Å². The van der Waals surface area contributed by atoms with E-state index in [9.17, 15) is 8.42 Å². The molecule has 4 N–H and O–H groups in total. The molecule has 102 valence electrons. The van der Waals surface area contributed by atoms with Crippen molar-refractivity contribution in [3.05, 3.63) is 41.2 Å². The van der Waals surface area contributed by atoms with Crippen LogP contribution < -0.4 is 10.5 Å². The van der Waals surface area contributed by atoms with Crippen molar-refractivity contribution >= 4 is 15.7 Å². The van der Waals surface area contributed by atoms with Crippen molar-refractivity contribution in [1.82, 2.24) is 14.9 Å². The maximum Gasteiger partial charge on any atom is 0.244 e. The number of sulfonamides is 1. The highest BCUT2D eigenvalue weighted by molar-refractivity contribution is 7.89. The number of hydrogen-bond acceptors (Lipinski definition) is 4. The summed E-state index contributed by atoms with van der Waals surface area (Å²) in [7, 11) is -3.59. The third-order valence-corrected chi connectivity index (χ3v) is 4.50. The predicted molar refractivity (Wildman–Crippen MR) is 72.9 cm³/mol. The highest BCUT2D eigenvalue weighted by Crippen LogP contribution is 2.17. The summed E-state index contributed by atoms with van der Waals surface area (Å²) in [6.07, 6.45) is 0. The zero-order valence-electron chi connectivity index (χ0n) is 10.8. The Balaban J connectivity index is 2.22. The van der Waals surface area contributed by atoms with Gasteiger partial charge in [0.1, 0.15) is 4.90 Å². The van der Waals surface area contributed by atoms with Gasteiger partial charge in [-0.15, -0.1) is 0 Å². The molecule has 0 spiro atoms. The van der Waals surface area contributed by atoms with Gasteiger partial charge in [0.15, 0.2) is 0 Å². The molecule has 1 aromatic carbocycles. The maximum absolute atomic E-state index is 12.2. The molecule has 6 nitrogen and oxygen atoms in total. The van der Waals surface area contributed by atoms with Gasteiger partial charge in [0, 0.05) is 12.2 Å². The van der Waals surface area contributed by atoms with Gasteiger partial charge in [0.2, 0.25) is 10.0 Å². The summed E-state index contributed by atoms with van der Waals surface area (Å²) in [5.74, 6) is 0. The summed E-state index contributed by atoms with van der Waals surface area (Å²) in [6.45, 7) is 3.47. The number of hydrogen-bond donors (Lipinski definition) is 3. The molecule has 0 amide bonds. The predicted octanol–water partition coefficient (Wildman–Crippen LogP) is 1.09. The lowest BCUT2D eigenvalue weighted by molar-refractivity contribution is 0.580. The first-order chi connectivity index (χ1) is 8.92. The normalized spacial score (nSPS) is 11.7. The van der Waals surface area contributed by atoms with Crippen LogP contribution in [0.3, 0.4) is 0 Å². The average molecular weight is 280 g/mol. The Morgan fingerprint density at radius 1 is 1.32 bits per heavy atom. The number of nitrogen functional groups attached to an aromatic ring is 1. The van der Waals surface area contributed by atoms with E-state index in [-0.39, 0.29) is 11.4 Å². The Morgan fingerprint density at radius 2 is 2.00 bits per heavy atom. The maximum atomic E-state index is 12.2. The van der Waals surface area contributed by atoms with Crippen LogP contribution in [0, 0.1) is 13.8 Å². The largest absolute Gasteiger partial charge is 0.398 e. The number of para-hydroxylation sites is 1. The Morgan fingerprint density at radius 3 is 2.58 bits per heavy atom. The molecule has 0 bridgehead atoms. The van der Waals surface area contributed by atoms with E-state index < -0.39 is 10.0 Å². The summed E-state index contributed by atoms with van der Waals surface area (Å²) in [5, 5.41) is 6.54. The molecule has 0 unspecified atom stereocenters. The fraction of sp³-hybridized carbons (Fsp3) is 0.250. The summed E-state index contributed by atoms with van der Waals surface area (Å²) in [5.41, 5.74) is 8.05. The van der Waals surface area contributed by atoms with Crippen molar-refractivity contribution in [3.8, 4) is 0 Å². The number of aromatic amines is 1. The van der Waals surface area contributed by atoms with Crippen LogP contribution in [-0.2, 0) is 16.6 Å². The van der Waals surface area contributed by atoms with E-state index in [1.165, 1.54) is 0 Å². The lowest BCUT2D eigenvalue weighted by atomic mass is 10.2. The van der Waals surface area contributed by atoms with Crippen LogP contribution in [0.4, 0.5) is 5.69 Å². The summed E-state index contributed by atoms with van der Waals surface area (Å²) in [4.78, 5) is 0.196. The molecule has 0 saturated heterocycles. The Kier molecular flexibility index (Phi) is 3.59. The summed E-state index contributed by atoms with van der Waals surface area (Å²) >= 11 is 0. The molecule has 0 aliphatic rings. The van der Waals surface area contributed by atoms with E-state index in [0.29, 0.717) is 17.1 Å². The number of aryl methyl sites for hydroxylation is 2. The number of aromatic nitrogens is 2. The van der Waals surface area contributed by atoms with E-state index in [2.05, 4.69) is 14.9 Å². The van der Waals surface area contributed by atoms with Gasteiger partial charge in [0.25, 0.3) is 0 Å². The van der Waals surface area contributed by atoms with Gasteiger partial charge in [-0.25, -0.2) is 13.1 Å². The number of benzene rings is 1. The van der Waals surface area contributed by atoms with Crippen LogP contribution in [0.25, 0.3) is 0 Å². The molecule has 0 fully saturated rings. The molecular formula is C12H16N4O2S. The lowest BCUT2D eigenvalue weighted by Gasteiger charge is -2.08. The highest BCUT2D eigenvalue weighted by Gasteiger charge is 2.21. The Hall–Kier alpha value is -1.86. The Labute approximate surface area is 112 Å². The van der Waals surface area contributed by atoms with E-state index in [4.69, 9.17) is 5.73 Å². The van der Waals surface area contributed by atoms with E-state index in [0.717, 1.165) is 5.56 Å². The van der Waals surface area contributed by atoms with Gasteiger partial charge in [0.05, 0.1) is 11.4 Å². The molecule has 1 aromatic heterocycles. The SMILES string of the molecule is Cc1n[nH]c(C)c1S(=O)(=O)NCc1ccccc1N. The number of nitrogens with one attached hydrogen (secondary N) is 2. The molecule has 0 atom stereocenters. The van der Waals surface area contributed by atoms with E-state index in [1.54, 1.807) is 32.0 Å². The summed E-state index contributed by atoms with van der Waals surface area (Å²) < 4.78 is 26.9. The van der Waals surface area contributed by atoms with Crippen LogP contribution in [0.5, 0.6) is 0 Å². The van der Waals surface area contributed by atoms with Gasteiger partial charge in [-0.3, -0.25) is 5.10 Å². The summed E-state index contributed by atoms with van der Waals surface area (Å²) in [6, 6.07) is 7.14. The van der Waals surface area contributed by atoms with Crippen LogP contribution in [0.15, 0.2) is 29.2 Å². The molecule has 0 saturated carbocycles. The molecular weight excluding hydrogens is 264 g/mol. The van der Waals surface area contributed by atoms with Gasteiger partial charge in [-0.2, -0.15) is 5.10 Å². The minimum atomic E-state index is -3.59. The van der Waals surface area contributed by atoms with Crippen molar-refractivity contribution in [1.29, 1.82) is 0 Å². The fourth-order valence-electron chi connectivity index (χ4n) is 1.88. The highest BCUT2D eigenvalue weighted by atomic mass is 32.2. The quantitative estimate of drug-likeness (QED) is 0.730. The molecule has 1 heterocycles. The lowest BCUT2D eigenvalue weighted by Crippen LogP contribution is -2.24. The van der Waals surface area contributed by atoms with Crippen LogP contribution >= 0.6 is 0 Å². The minimum absolute atomic E-state index is 0.152. The third kappa shape index (κ3) is 2.77. The number of anilines is 1. The number of nitrogens with zero attached hydrogens (tertiary/aromatic N) is 1. The van der Waals surface area contributed by atoms with Crippen molar-refractivity contribution in [2.75, 3.05) is 5.73 Å². The first kappa shape index (κ1) is 13.6. The molecule has 0 aliphatic heterocycles. The van der Waals surface area contributed by atoms with Crippen molar-refractivity contribution < 1.29 is 8.42 Å². The molecule has 0 aliphatic carbocycles. The second-order valence-electron chi connectivity index (χ2n) is 4.29. The first-order valence-electron chi connectivity index (χ1n) is 5.76. The third-order valence-electron chi connectivity index (χ3n) is 2.84. The van der Waals surface area contributed by atoms with Crippen LogP contribution in [0.2, 0.25) is 0 Å². The zero-order chi connectivity index (χ0) is 14.0. The second kappa shape index (κ2) is 5.02. The van der Waals surface area contributed by atoms with Crippen molar-refractivity contribution in [3.63, 3.8) is 0 Å². The molecule has 2 aromatic rings. The molecule has 7 heteroatoms. The van der Waals surface area contributed by atoms with Crippen molar-refractivity contribution in [2.45, 2.75) is 25.3 Å². The number of rotatable bonds is 4. The molecule has 2 rings (SSSR count). The monoisotopic (exact) mass is 280 g/mol. The average Bonchev–Trinajstić information content (AvgIpc) is 2.69. The topological polar surface area (TPSA) is 101 Å². The van der Waals surface area contributed by atoms with Crippen LogP contribution in [-0.4, -0.2) is 18.6 Å². The fourth-order valence-corrected chi connectivity index (χ4v) is 3.25. The molecule has 19 heavy (non-hydrogen) atoms. The zero-order valence-corrected chi connectivity index (χ0v) is 11.6. The second-order valence-corrected chi connectivity index (χ2v) is 5.99. The van der Waals surface area contributed by atoms with Gasteiger partial charge < -0.3 is 5.73 Å². The van der Waals surface area contributed by atoms with Gasteiger partial charge in [-0.05, 0) is 25.5 Å².